The molecule has 0 nitrogen and oxygen atoms in total. The normalized spacial score (nSPS) is 45.0. The van der Waals surface area contributed by atoms with E-state index < -0.39 is 0 Å². The van der Waals surface area contributed by atoms with Crippen molar-refractivity contribution in [3.8, 4) is 0 Å². The van der Waals surface area contributed by atoms with Gasteiger partial charge in [0.25, 0.3) is 0 Å². The molecule has 0 aromatic carbocycles. The van der Waals surface area contributed by atoms with Gasteiger partial charge in [0, 0.05) is 0 Å². The first-order valence-electron chi connectivity index (χ1n) is 13.0. The average Bonchev–Trinajstić information content (AvgIpc) is 3.02. The van der Waals surface area contributed by atoms with E-state index in [0.29, 0.717) is 10.8 Å². The van der Waals surface area contributed by atoms with Crippen molar-refractivity contribution in [3.63, 3.8) is 0 Å². The van der Waals surface area contributed by atoms with E-state index in [1.165, 1.54) is 70.6 Å². The van der Waals surface area contributed by atoms with Crippen LogP contribution >= 0.6 is 0 Å². The van der Waals surface area contributed by atoms with Crippen molar-refractivity contribution in [3.05, 3.63) is 11.6 Å². The van der Waals surface area contributed by atoms with E-state index in [9.17, 15) is 0 Å². The number of fused-ring (bicyclic) bond motifs is 5. The van der Waals surface area contributed by atoms with Crippen molar-refractivity contribution in [1.82, 2.24) is 0 Å². The molecule has 0 radical (unpaired) electrons. The maximum atomic E-state index is 2.77. The molecule has 0 aromatic rings. The molecule has 160 valence electrons. The smallest absolute Gasteiger partial charge is 0.00797 e. The molecule has 28 heavy (non-hydrogen) atoms. The summed E-state index contributed by atoms with van der Waals surface area (Å²) in [6, 6.07) is 0. The van der Waals surface area contributed by atoms with Crippen molar-refractivity contribution < 1.29 is 0 Å². The Labute approximate surface area is 176 Å². The van der Waals surface area contributed by atoms with Gasteiger partial charge in [0.05, 0.1) is 0 Å². The van der Waals surface area contributed by atoms with Crippen LogP contribution in [0.3, 0.4) is 0 Å². The van der Waals surface area contributed by atoms with Gasteiger partial charge in [-0.25, -0.2) is 0 Å². The topological polar surface area (TPSA) is 0 Å². The molecule has 0 amide bonds. The van der Waals surface area contributed by atoms with Crippen LogP contribution in [0.25, 0.3) is 0 Å². The zero-order chi connectivity index (χ0) is 20.1. The Bertz CT molecular complexity index is 585. The summed E-state index contributed by atoms with van der Waals surface area (Å²) in [5, 5.41) is 0. The van der Waals surface area contributed by atoms with E-state index in [-0.39, 0.29) is 0 Å². The van der Waals surface area contributed by atoms with Gasteiger partial charge in [0.2, 0.25) is 0 Å². The fraction of sp³-hybridized carbons (Fsp3) is 0.929. The van der Waals surface area contributed by atoms with E-state index in [4.69, 9.17) is 0 Å². The SMILES string of the molecule is CC(C)[C@@H](C)CC[C@@H](C)[C@H]1CC=C2[C@@H]3CCC4CCCC[C@]4(C)[C@H]3CC[C@@]21C. The molecule has 0 bridgehead atoms. The molecule has 0 spiro atoms. The molecule has 0 aromatic heterocycles. The summed E-state index contributed by atoms with van der Waals surface area (Å²) in [7, 11) is 0. The molecule has 0 N–H and O–H groups in total. The molecular formula is C28H48. The van der Waals surface area contributed by atoms with E-state index in [1.807, 2.05) is 5.57 Å². The molecule has 1 unspecified atom stereocenters. The van der Waals surface area contributed by atoms with E-state index in [2.05, 4.69) is 47.6 Å². The lowest BCUT2D eigenvalue weighted by Gasteiger charge is -2.59. The lowest BCUT2D eigenvalue weighted by molar-refractivity contribution is -0.0585. The van der Waals surface area contributed by atoms with Crippen molar-refractivity contribution in [1.29, 1.82) is 0 Å². The van der Waals surface area contributed by atoms with Crippen molar-refractivity contribution in [2.24, 2.45) is 52.3 Å². The van der Waals surface area contributed by atoms with Gasteiger partial charge in [-0.3, -0.25) is 0 Å². The monoisotopic (exact) mass is 384 g/mol. The van der Waals surface area contributed by atoms with Crippen LogP contribution < -0.4 is 0 Å². The Kier molecular flexibility index (Phi) is 5.83. The summed E-state index contributed by atoms with van der Waals surface area (Å²) >= 11 is 0. The van der Waals surface area contributed by atoms with E-state index in [1.54, 1.807) is 0 Å². The van der Waals surface area contributed by atoms with Crippen molar-refractivity contribution in [2.75, 3.05) is 0 Å². The van der Waals surface area contributed by atoms with E-state index >= 15 is 0 Å². The van der Waals surface area contributed by atoms with Crippen LogP contribution in [0.4, 0.5) is 0 Å². The lowest BCUT2D eigenvalue weighted by atomic mass is 9.45. The quantitative estimate of drug-likeness (QED) is 0.416. The highest BCUT2D eigenvalue weighted by Gasteiger charge is 2.57. The van der Waals surface area contributed by atoms with Gasteiger partial charge in [-0.1, -0.05) is 78.9 Å². The largest absolute Gasteiger partial charge is 0.0842 e. The Morgan fingerprint density at radius 3 is 2.46 bits per heavy atom. The zero-order valence-corrected chi connectivity index (χ0v) is 19.9. The minimum atomic E-state index is 0.527. The zero-order valence-electron chi connectivity index (χ0n) is 19.9. The van der Waals surface area contributed by atoms with Crippen LogP contribution in [0.5, 0.6) is 0 Å². The van der Waals surface area contributed by atoms with Gasteiger partial charge >= 0.3 is 0 Å². The summed E-state index contributed by atoms with van der Waals surface area (Å²) in [5.41, 5.74) is 3.14. The maximum Gasteiger partial charge on any atom is -0.00797 e. The maximum absolute atomic E-state index is 2.77. The van der Waals surface area contributed by atoms with Gasteiger partial charge in [0.1, 0.15) is 0 Å². The number of hydrogen-bond donors (Lipinski definition) is 0. The van der Waals surface area contributed by atoms with Gasteiger partial charge in [-0.2, -0.15) is 0 Å². The molecule has 0 heteroatoms. The highest BCUT2D eigenvalue weighted by molar-refractivity contribution is 5.30. The van der Waals surface area contributed by atoms with Crippen LogP contribution in [0.2, 0.25) is 0 Å². The third kappa shape index (κ3) is 3.33. The highest BCUT2D eigenvalue weighted by Crippen LogP contribution is 2.66. The predicted octanol–water partition coefficient (Wildman–Crippen LogP) is 8.66. The molecule has 0 heterocycles. The second-order valence-electron chi connectivity index (χ2n) is 12.5. The molecule has 3 saturated carbocycles. The standard InChI is InChI=1S/C28H48/c1-19(2)20(3)10-11-21(4)24-14-15-25-23-13-12-22-9-7-8-17-27(22,5)26(23)16-18-28(24,25)6/h15,19-24,26H,7-14,16-18H2,1-6H3/t20-,21+,22?,23-,24+,26-,27-,28+/m0/s1. The minimum Gasteiger partial charge on any atom is -0.0842 e. The van der Waals surface area contributed by atoms with Crippen molar-refractivity contribution >= 4 is 0 Å². The third-order valence-electron chi connectivity index (χ3n) is 11.0. The highest BCUT2D eigenvalue weighted by atomic mass is 14.6. The Morgan fingerprint density at radius 1 is 0.929 bits per heavy atom. The number of hydrogen-bond acceptors (Lipinski definition) is 0. The fourth-order valence-corrected chi connectivity index (χ4v) is 8.58. The lowest BCUT2D eigenvalue weighted by Crippen LogP contribution is -2.50. The predicted molar refractivity (Wildman–Crippen MR) is 122 cm³/mol. The fourth-order valence-electron chi connectivity index (χ4n) is 8.58. The molecule has 4 aliphatic carbocycles. The summed E-state index contributed by atoms with van der Waals surface area (Å²) in [6.07, 6.45) is 19.1. The minimum absolute atomic E-state index is 0.527. The van der Waals surface area contributed by atoms with Crippen LogP contribution in [-0.4, -0.2) is 0 Å². The molecular weight excluding hydrogens is 336 g/mol. The summed E-state index contributed by atoms with van der Waals surface area (Å²) in [5.74, 6) is 6.49. The molecule has 4 rings (SSSR count). The second-order valence-corrected chi connectivity index (χ2v) is 12.5. The van der Waals surface area contributed by atoms with Gasteiger partial charge in [-0.15, -0.1) is 0 Å². The van der Waals surface area contributed by atoms with Crippen LogP contribution in [0.15, 0.2) is 11.6 Å². The van der Waals surface area contributed by atoms with Gasteiger partial charge < -0.3 is 0 Å². The molecule has 8 atom stereocenters. The Hall–Kier alpha value is -0.260. The first-order valence-corrected chi connectivity index (χ1v) is 13.0. The third-order valence-corrected chi connectivity index (χ3v) is 11.0. The number of rotatable bonds is 5. The van der Waals surface area contributed by atoms with Crippen LogP contribution in [0.1, 0.15) is 112 Å². The van der Waals surface area contributed by atoms with Crippen LogP contribution in [-0.2, 0) is 0 Å². The summed E-state index contributed by atoms with van der Waals surface area (Å²) in [6.45, 7) is 15.2. The summed E-state index contributed by atoms with van der Waals surface area (Å²) < 4.78 is 0. The average molecular weight is 385 g/mol. The molecule has 0 saturated heterocycles. The molecule has 4 aliphatic rings. The van der Waals surface area contributed by atoms with Gasteiger partial charge in [-0.05, 0) is 97.2 Å². The summed E-state index contributed by atoms with van der Waals surface area (Å²) in [4.78, 5) is 0. The Balaban J connectivity index is 1.47. The first-order chi connectivity index (χ1) is 13.3. The van der Waals surface area contributed by atoms with Crippen molar-refractivity contribution in [2.45, 2.75) is 112 Å². The molecule has 3 fully saturated rings. The van der Waals surface area contributed by atoms with Gasteiger partial charge in [0.15, 0.2) is 0 Å². The first kappa shape index (κ1) is 21.0. The Morgan fingerprint density at radius 2 is 1.71 bits per heavy atom. The van der Waals surface area contributed by atoms with E-state index in [0.717, 1.165) is 41.4 Å². The number of allylic oxidation sites excluding steroid dienone is 2. The second kappa shape index (κ2) is 7.77. The van der Waals surface area contributed by atoms with Crippen LogP contribution in [0, 0.1) is 52.3 Å². The molecule has 0 aliphatic heterocycles.